The van der Waals surface area contributed by atoms with Crippen molar-refractivity contribution in [1.82, 2.24) is 0 Å². The van der Waals surface area contributed by atoms with Gasteiger partial charge in [0.05, 0.1) is 6.10 Å². The van der Waals surface area contributed by atoms with E-state index in [4.69, 9.17) is 6.42 Å². The first kappa shape index (κ1) is 53.1. The molecule has 0 saturated heterocycles. The van der Waals surface area contributed by atoms with Crippen molar-refractivity contribution >= 4 is 0 Å². The van der Waals surface area contributed by atoms with Gasteiger partial charge in [-0.05, 0) is 86.9 Å². The normalized spacial score (nSPS) is 34.4. The molecule has 0 aromatic carbocycles. The molecule has 2 heteroatoms. The number of aliphatic hydroxyl groups is 2. The molecule has 0 spiro atoms. The largest absolute Gasteiger partial charge is 0.393 e. The first-order valence-electron chi connectivity index (χ1n) is 18.1. The Morgan fingerprint density at radius 2 is 1.07 bits per heavy atom. The SMILES string of the molecule is C.C#C[C@]1(O)CC[C@H]2[C@@H]3CC[C@H]4C[C@H](O)CC[C@]4(C)[C@H]3CC[C@@]21C.CC.CC.CC.CC.CC.CC.CC.CCC. The molecule has 0 radical (unpaired) electrons. The van der Waals surface area contributed by atoms with Crippen molar-refractivity contribution < 1.29 is 10.2 Å². The third-order valence-electron chi connectivity index (χ3n) is 9.03. The highest BCUT2D eigenvalue weighted by Crippen LogP contribution is 2.68. The van der Waals surface area contributed by atoms with Gasteiger partial charge in [-0.3, -0.25) is 0 Å². The van der Waals surface area contributed by atoms with Gasteiger partial charge in [-0.25, -0.2) is 0 Å². The van der Waals surface area contributed by atoms with E-state index in [9.17, 15) is 10.2 Å². The van der Waals surface area contributed by atoms with Crippen LogP contribution in [-0.4, -0.2) is 21.9 Å². The fraction of sp³-hybridized carbons (Fsp3) is 0.949. The number of hydrogen-bond donors (Lipinski definition) is 2. The quantitative estimate of drug-likeness (QED) is 0.277. The maximum absolute atomic E-state index is 11.0. The van der Waals surface area contributed by atoms with E-state index in [1.54, 1.807) is 0 Å². The molecule has 41 heavy (non-hydrogen) atoms. The summed E-state index contributed by atoms with van der Waals surface area (Å²) in [4.78, 5) is 0. The number of aliphatic hydroxyl groups excluding tert-OH is 1. The minimum atomic E-state index is -0.886. The number of rotatable bonds is 0. The minimum Gasteiger partial charge on any atom is -0.393 e. The Kier molecular flexibility index (Phi) is 40.0. The van der Waals surface area contributed by atoms with Gasteiger partial charge in [-0.2, -0.15) is 0 Å². The highest BCUT2D eigenvalue weighted by atomic mass is 16.3. The highest BCUT2D eigenvalue weighted by molar-refractivity contribution is 5.23. The third kappa shape index (κ3) is 13.3. The average Bonchev–Trinajstić information content (AvgIpc) is 3.31. The van der Waals surface area contributed by atoms with Gasteiger partial charge < -0.3 is 10.2 Å². The Hall–Kier alpha value is -0.520. The van der Waals surface area contributed by atoms with Gasteiger partial charge in [0, 0.05) is 5.41 Å². The Balaban J connectivity index is -0.000000147. The van der Waals surface area contributed by atoms with Gasteiger partial charge in [0.2, 0.25) is 0 Å². The molecule has 2 N–H and O–H groups in total. The second-order valence-electron chi connectivity index (χ2n) is 10.3. The molecular weight excluding hydrogens is 500 g/mol. The van der Waals surface area contributed by atoms with E-state index in [-0.39, 0.29) is 18.9 Å². The molecule has 0 unspecified atom stereocenters. The molecule has 0 aromatic heterocycles. The lowest BCUT2D eigenvalue weighted by Gasteiger charge is -2.61. The van der Waals surface area contributed by atoms with E-state index in [0.717, 1.165) is 43.9 Å². The van der Waals surface area contributed by atoms with Gasteiger partial charge in [0.1, 0.15) is 5.60 Å². The lowest BCUT2D eigenvalue weighted by atomic mass is 9.44. The molecule has 4 aliphatic carbocycles. The van der Waals surface area contributed by atoms with Gasteiger partial charge >= 0.3 is 0 Å². The Labute approximate surface area is 264 Å². The predicted octanol–water partition coefficient (Wildman–Crippen LogP) is 13.0. The molecule has 4 fully saturated rings. The van der Waals surface area contributed by atoms with Crippen molar-refractivity contribution in [2.24, 2.45) is 34.5 Å². The lowest BCUT2D eigenvalue weighted by Crippen LogP contribution is -2.56. The van der Waals surface area contributed by atoms with Crippen LogP contribution >= 0.6 is 0 Å². The summed E-state index contributed by atoms with van der Waals surface area (Å²) in [6.07, 6.45) is 16.8. The van der Waals surface area contributed by atoms with Gasteiger partial charge in [0.25, 0.3) is 0 Å². The van der Waals surface area contributed by atoms with E-state index >= 15 is 0 Å². The van der Waals surface area contributed by atoms with Crippen LogP contribution in [0.4, 0.5) is 0 Å². The summed E-state index contributed by atoms with van der Waals surface area (Å²) in [5.74, 6) is 5.56. The van der Waals surface area contributed by atoms with Crippen molar-refractivity contribution in [1.29, 1.82) is 0 Å². The van der Waals surface area contributed by atoms with E-state index < -0.39 is 5.60 Å². The number of fused-ring (bicyclic) bond motifs is 5. The van der Waals surface area contributed by atoms with Crippen LogP contribution in [0.15, 0.2) is 0 Å². The maximum atomic E-state index is 11.0. The molecule has 4 aliphatic rings. The van der Waals surface area contributed by atoms with Crippen LogP contribution in [0.5, 0.6) is 0 Å². The zero-order valence-corrected chi connectivity index (χ0v) is 31.4. The second-order valence-corrected chi connectivity index (χ2v) is 10.3. The fourth-order valence-electron chi connectivity index (χ4n) is 7.49. The Morgan fingerprint density at radius 1 is 0.659 bits per heavy atom. The summed E-state index contributed by atoms with van der Waals surface area (Å²) >= 11 is 0. The molecule has 0 bridgehead atoms. The lowest BCUT2D eigenvalue weighted by molar-refractivity contribution is -0.144. The van der Waals surface area contributed by atoms with E-state index in [1.165, 1.54) is 32.1 Å². The molecule has 0 heterocycles. The van der Waals surface area contributed by atoms with Crippen molar-refractivity contribution in [3.8, 4) is 12.3 Å². The van der Waals surface area contributed by atoms with Crippen LogP contribution in [0, 0.1) is 46.8 Å². The van der Waals surface area contributed by atoms with Crippen LogP contribution < -0.4 is 0 Å². The van der Waals surface area contributed by atoms with Crippen LogP contribution in [0.25, 0.3) is 0 Å². The fourth-order valence-corrected chi connectivity index (χ4v) is 7.49. The molecule has 0 aliphatic heterocycles. The molecule has 4 rings (SSSR count). The van der Waals surface area contributed by atoms with Crippen LogP contribution in [-0.2, 0) is 0 Å². The number of hydrogen-bond acceptors (Lipinski definition) is 2. The van der Waals surface area contributed by atoms with Gasteiger partial charge in [-0.15, -0.1) is 6.42 Å². The van der Waals surface area contributed by atoms with Gasteiger partial charge in [0.15, 0.2) is 0 Å². The van der Waals surface area contributed by atoms with Gasteiger partial charge in [-0.1, -0.05) is 144 Å². The Bertz CT molecular complexity index is 552. The Morgan fingerprint density at radius 3 is 1.49 bits per heavy atom. The molecule has 254 valence electrons. The van der Waals surface area contributed by atoms with Crippen LogP contribution in [0.2, 0.25) is 0 Å². The summed E-state index contributed by atoms with van der Waals surface area (Å²) in [5.41, 5.74) is -0.566. The smallest absolute Gasteiger partial charge is 0.130 e. The van der Waals surface area contributed by atoms with Crippen molar-refractivity contribution in [3.05, 3.63) is 0 Å². The third-order valence-corrected chi connectivity index (χ3v) is 9.03. The number of terminal acetylenes is 1. The van der Waals surface area contributed by atoms with E-state index in [2.05, 4.69) is 33.6 Å². The minimum absolute atomic E-state index is 0. The summed E-state index contributed by atoms with van der Waals surface area (Å²) in [5, 5.41) is 21.1. The topological polar surface area (TPSA) is 40.5 Å². The molecule has 8 atom stereocenters. The predicted molar refractivity (Wildman–Crippen MR) is 194 cm³/mol. The van der Waals surface area contributed by atoms with Crippen molar-refractivity contribution in [2.45, 2.75) is 208 Å². The highest BCUT2D eigenvalue weighted by Gasteiger charge is 2.64. The van der Waals surface area contributed by atoms with E-state index in [0.29, 0.717) is 17.3 Å². The molecule has 0 aromatic rings. The zero-order chi connectivity index (χ0) is 33.2. The monoisotopic (exact) mass is 587 g/mol. The maximum Gasteiger partial charge on any atom is 0.130 e. The molecular formula is C39H86O2. The zero-order valence-electron chi connectivity index (χ0n) is 31.4. The van der Waals surface area contributed by atoms with Crippen LogP contribution in [0.3, 0.4) is 0 Å². The first-order chi connectivity index (χ1) is 19.3. The van der Waals surface area contributed by atoms with E-state index in [1.807, 2.05) is 96.9 Å². The molecule has 2 nitrogen and oxygen atoms in total. The first-order valence-corrected chi connectivity index (χ1v) is 18.1. The summed E-state index contributed by atoms with van der Waals surface area (Å²) in [7, 11) is 0. The van der Waals surface area contributed by atoms with Crippen molar-refractivity contribution in [2.75, 3.05) is 0 Å². The standard InChI is InChI=1S/C21H32O2.C3H8.7C2H6.CH4/c1-4-21(23)12-9-18-16-6-5-14-13-15(22)7-10-19(14,2)17(16)8-11-20(18,21)3;1-3-2;7*1-2;/h1,14-18,22-23H,5-13H2,2-3H3;3H2,1-2H3;7*1-2H3;1H4/t14-,15+,16+,17-,18-,19-,20-,21-;;;;;;;;;/m0........./s1. The average molecular weight is 587 g/mol. The molecule has 4 saturated carbocycles. The van der Waals surface area contributed by atoms with Crippen molar-refractivity contribution in [3.63, 3.8) is 0 Å². The summed E-state index contributed by atoms with van der Waals surface area (Å²) in [6.45, 7) is 37.0. The summed E-state index contributed by atoms with van der Waals surface area (Å²) < 4.78 is 0. The second kappa shape index (κ2) is 30.9. The van der Waals surface area contributed by atoms with Crippen LogP contribution in [0.1, 0.15) is 196 Å². The summed E-state index contributed by atoms with van der Waals surface area (Å²) in [6, 6.07) is 0. The molecule has 0 amide bonds.